The van der Waals surface area contributed by atoms with Gasteiger partial charge in [-0.15, -0.1) is 0 Å². The first-order valence-electron chi connectivity index (χ1n) is 11.8. The highest BCUT2D eigenvalue weighted by molar-refractivity contribution is 6.05. The Morgan fingerprint density at radius 1 is 1.12 bits per heavy atom. The Bertz CT molecular complexity index is 1150. The number of carbonyl (C=O) groups excluding carboxylic acids is 3. The molecule has 8 heteroatoms. The number of amides is 3. The highest BCUT2D eigenvalue weighted by atomic mass is 16.3. The van der Waals surface area contributed by atoms with E-state index in [9.17, 15) is 19.5 Å². The molecule has 0 saturated carbocycles. The van der Waals surface area contributed by atoms with E-state index < -0.39 is 23.0 Å². The van der Waals surface area contributed by atoms with Gasteiger partial charge >= 0.3 is 0 Å². The van der Waals surface area contributed by atoms with Gasteiger partial charge < -0.3 is 10.0 Å². The van der Waals surface area contributed by atoms with Gasteiger partial charge in [-0.05, 0) is 30.5 Å². The fourth-order valence-corrected chi connectivity index (χ4v) is 5.54. The molecule has 2 N–H and O–H groups in total. The number of nitrogens with zero attached hydrogens (tertiary/aromatic N) is 3. The zero-order valence-electron chi connectivity index (χ0n) is 19.6. The Hall–Kier alpha value is -3.10. The van der Waals surface area contributed by atoms with Gasteiger partial charge in [0.2, 0.25) is 11.8 Å². The van der Waals surface area contributed by atoms with Crippen LogP contribution in [0.15, 0.2) is 42.5 Å². The molecule has 1 aromatic carbocycles. The van der Waals surface area contributed by atoms with Gasteiger partial charge in [0.15, 0.2) is 0 Å². The molecule has 0 unspecified atom stereocenters. The van der Waals surface area contributed by atoms with Gasteiger partial charge in [0, 0.05) is 31.5 Å². The minimum atomic E-state index is -1.14. The van der Waals surface area contributed by atoms with Crippen molar-refractivity contribution in [2.75, 3.05) is 13.1 Å². The van der Waals surface area contributed by atoms with Crippen LogP contribution in [-0.4, -0.2) is 56.7 Å². The monoisotopic (exact) mass is 462 g/mol. The van der Waals surface area contributed by atoms with Crippen LogP contribution in [0.4, 0.5) is 0 Å². The Balaban J connectivity index is 1.35. The highest BCUT2D eigenvalue weighted by Crippen LogP contribution is 2.46. The van der Waals surface area contributed by atoms with E-state index in [1.165, 1.54) is 10.5 Å². The lowest BCUT2D eigenvalue weighted by Crippen LogP contribution is -2.55. The molecule has 0 aliphatic carbocycles. The number of aliphatic hydroxyl groups is 1. The van der Waals surface area contributed by atoms with Crippen LogP contribution < -0.4 is 5.32 Å². The molecule has 2 fully saturated rings. The predicted molar refractivity (Wildman–Crippen MR) is 124 cm³/mol. The van der Waals surface area contributed by atoms with Gasteiger partial charge in [0.1, 0.15) is 11.6 Å². The summed E-state index contributed by atoms with van der Waals surface area (Å²) in [6.07, 6.45) is 1.05. The van der Waals surface area contributed by atoms with Gasteiger partial charge in [-0.1, -0.05) is 44.2 Å². The van der Waals surface area contributed by atoms with Gasteiger partial charge in [-0.3, -0.25) is 29.6 Å². The van der Waals surface area contributed by atoms with Crippen molar-refractivity contribution in [3.05, 3.63) is 65.0 Å². The molecule has 178 valence electrons. The Labute approximate surface area is 199 Å². The first kappa shape index (κ1) is 22.7. The minimum Gasteiger partial charge on any atom is -0.383 e. The van der Waals surface area contributed by atoms with E-state index in [1.807, 2.05) is 18.2 Å². The third-order valence-corrected chi connectivity index (χ3v) is 7.57. The third-order valence-electron chi connectivity index (χ3n) is 7.57. The molecule has 5 rings (SSSR count). The first-order valence-corrected chi connectivity index (χ1v) is 11.8. The molecule has 3 amide bonds. The number of aromatic nitrogens is 1. The van der Waals surface area contributed by atoms with E-state index in [4.69, 9.17) is 4.98 Å². The van der Waals surface area contributed by atoms with Crippen LogP contribution >= 0.6 is 0 Å². The number of fused-ring (bicyclic) bond motifs is 1. The van der Waals surface area contributed by atoms with Crippen LogP contribution in [0.1, 0.15) is 60.4 Å². The lowest BCUT2D eigenvalue weighted by molar-refractivity contribution is -0.137. The van der Waals surface area contributed by atoms with Crippen LogP contribution in [0.25, 0.3) is 0 Å². The number of piperidine rings is 2. The second kappa shape index (κ2) is 8.29. The lowest BCUT2D eigenvalue weighted by atomic mass is 9.68. The van der Waals surface area contributed by atoms with Crippen molar-refractivity contribution < 1.29 is 19.5 Å². The van der Waals surface area contributed by atoms with Gasteiger partial charge in [-0.2, -0.15) is 0 Å². The van der Waals surface area contributed by atoms with Crippen LogP contribution in [-0.2, 0) is 28.3 Å². The third kappa shape index (κ3) is 3.80. The molecule has 0 spiro atoms. The number of rotatable bonds is 4. The number of benzene rings is 1. The van der Waals surface area contributed by atoms with Crippen molar-refractivity contribution in [2.24, 2.45) is 5.41 Å². The van der Waals surface area contributed by atoms with E-state index in [2.05, 4.69) is 36.2 Å². The fourth-order valence-electron chi connectivity index (χ4n) is 5.54. The normalized spacial score (nSPS) is 27.0. The summed E-state index contributed by atoms with van der Waals surface area (Å²) in [6.45, 7) is 6.57. The van der Waals surface area contributed by atoms with Gasteiger partial charge in [0.05, 0.1) is 23.5 Å². The first-order chi connectivity index (χ1) is 16.2. The molecule has 1 aromatic heterocycles. The zero-order chi connectivity index (χ0) is 24.1. The van der Waals surface area contributed by atoms with Gasteiger partial charge in [0.25, 0.3) is 5.91 Å². The smallest absolute Gasteiger partial charge is 0.256 e. The van der Waals surface area contributed by atoms with Crippen molar-refractivity contribution in [3.8, 4) is 0 Å². The van der Waals surface area contributed by atoms with Crippen LogP contribution in [0.2, 0.25) is 0 Å². The Morgan fingerprint density at radius 3 is 2.59 bits per heavy atom. The average Bonchev–Trinajstić information content (AvgIpc) is 3.12. The highest BCUT2D eigenvalue weighted by Gasteiger charge is 2.50. The minimum absolute atomic E-state index is 0.199. The molecule has 2 atom stereocenters. The van der Waals surface area contributed by atoms with Crippen LogP contribution in [0.5, 0.6) is 0 Å². The van der Waals surface area contributed by atoms with Crippen LogP contribution in [0.3, 0.4) is 0 Å². The van der Waals surface area contributed by atoms with E-state index in [0.29, 0.717) is 36.3 Å². The largest absolute Gasteiger partial charge is 0.383 e. The zero-order valence-corrected chi connectivity index (χ0v) is 19.6. The summed E-state index contributed by atoms with van der Waals surface area (Å²) in [6, 6.07) is 13.1. The number of carbonyl (C=O) groups is 3. The molecule has 8 nitrogen and oxygen atoms in total. The summed E-state index contributed by atoms with van der Waals surface area (Å²) in [5, 5.41) is 14.2. The molecule has 34 heavy (non-hydrogen) atoms. The van der Waals surface area contributed by atoms with Crippen molar-refractivity contribution in [2.45, 2.75) is 57.8 Å². The summed E-state index contributed by atoms with van der Waals surface area (Å²) in [5.74, 6) is -1.01. The summed E-state index contributed by atoms with van der Waals surface area (Å²) in [5.41, 5.74) is 1.23. The SMILES string of the molecule is CC1(C)CN(Cc2ccccc2)CC[C@]1(O)c1ccc2c(n1)CN([C@@H]1CCC(=O)NC1=O)C2=O. The Morgan fingerprint density at radius 2 is 1.88 bits per heavy atom. The van der Waals surface area contributed by atoms with Crippen LogP contribution in [0, 0.1) is 5.41 Å². The summed E-state index contributed by atoms with van der Waals surface area (Å²) in [4.78, 5) is 45.4. The quantitative estimate of drug-likeness (QED) is 0.674. The summed E-state index contributed by atoms with van der Waals surface area (Å²) >= 11 is 0. The average molecular weight is 463 g/mol. The second-order valence-electron chi connectivity index (χ2n) is 10.3. The van der Waals surface area contributed by atoms with Gasteiger partial charge in [-0.25, -0.2) is 0 Å². The van der Waals surface area contributed by atoms with E-state index in [1.54, 1.807) is 12.1 Å². The molecular formula is C26H30N4O4. The molecule has 2 aromatic rings. The topological polar surface area (TPSA) is 103 Å². The Kier molecular flexibility index (Phi) is 5.53. The predicted octanol–water partition coefficient (Wildman–Crippen LogP) is 1.96. The lowest BCUT2D eigenvalue weighted by Gasteiger charge is -2.50. The van der Waals surface area contributed by atoms with E-state index in [0.717, 1.165) is 13.1 Å². The maximum absolute atomic E-state index is 13.0. The molecule has 0 bridgehead atoms. The number of imide groups is 1. The molecule has 3 aliphatic heterocycles. The number of hydrogen-bond acceptors (Lipinski definition) is 6. The van der Waals surface area contributed by atoms with Crippen molar-refractivity contribution >= 4 is 17.7 Å². The number of pyridine rings is 1. The summed E-state index contributed by atoms with van der Waals surface area (Å²) < 4.78 is 0. The van der Waals surface area contributed by atoms with E-state index in [-0.39, 0.29) is 24.8 Å². The maximum atomic E-state index is 13.0. The summed E-state index contributed by atoms with van der Waals surface area (Å²) in [7, 11) is 0. The molecule has 4 heterocycles. The molecule has 0 radical (unpaired) electrons. The molecular weight excluding hydrogens is 432 g/mol. The van der Waals surface area contributed by atoms with Crippen molar-refractivity contribution in [3.63, 3.8) is 0 Å². The van der Waals surface area contributed by atoms with E-state index >= 15 is 0 Å². The number of hydrogen-bond donors (Lipinski definition) is 2. The maximum Gasteiger partial charge on any atom is 0.256 e. The van der Waals surface area contributed by atoms with Crippen molar-refractivity contribution in [1.82, 2.24) is 20.1 Å². The van der Waals surface area contributed by atoms with Crippen molar-refractivity contribution in [1.29, 1.82) is 0 Å². The number of likely N-dealkylation sites (tertiary alicyclic amines) is 1. The fraction of sp³-hybridized carbons (Fsp3) is 0.462. The standard InChI is InChI=1S/C26H30N4O4/c1-25(2)16-29(14-17-6-4-3-5-7-17)13-12-26(25,34)21-10-8-18-19(27-21)15-30(24(18)33)20-9-11-22(31)28-23(20)32/h3-8,10,20,34H,9,11-16H2,1-2H3,(H,28,31,32)/t20-,26+/m1/s1. The molecule has 2 saturated heterocycles. The second-order valence-corrected chi connectivity index (χ2v) is 10.3. The number of nitrogens with one attached hydrogen (secondary N) is 1. The molecule has 3 aliphatic rings.